The number of aromatic nitrogens is 6. The number of phosphoric acid groups is 1. The van der Waals surface area contributed by atoms with Gasteiger partial charge in [-0.3, -0.25) is 28.3 Å². The highest BCUT2D eigenvalue weighted by Crippen LogP contribution is 2.50. The van der Waals surface area contributed by atoms with Gasteiger partial charge in [-0.1, -0.05) is 5.92 Å². The number of terminal acetylenes is 1. The highest BCUT2D eigenvalue weighted by Gasteiger charge is 2.66. The Kier molecular flexibility index (Phi) is 8.42. The minimum Gasteiger partial charge on any atom is -0.393 e. The van der Waals surface area contributed by atoms with Crippen molar-refractivity contribution >= 4 is 24.8 Å². The molecule has 20 nitrogen and oxygen atoms in total. The van der Waals surface area contributed by atoms with Crippen LogP contribution in [0.4, 0.5) is 14.6 Å². The van der Waals surface area contributed by atoms with Crippen LogP contribution in [-0.2, 0) is 23.4 Å². The van der Waals surface area contributed by atoms with Gasteiger partial charge in [0, 0.05) is 12.3 Å². The van der Waals surface area contributed by atoms with E-state index in [4.69, 9.17) is 30.5 Å². The molecule has 23 heteroatoms. The van der Waals surface area contributed by atoms with Crippen molar-refractivity contribution in [2.75, 3.05) is 25.4 Å². The normalized spacial score (nSPS) is 34.6. The highest BCUT2D eigenvalue weighted by molar-refractivity contribution is 7.46. The number of rotatable bonds is 10. The van der Waals surface area contributed by atoms with Crippen molar-refractivity contribution in [2.24, 2.45) is 0 Å². The number of aliphatic hydroxyl groups excluding tert-OH is 3. The molecule has 8 unspecified atom stereocenters. The number of alkyl halides is 2. The van der Waals surface area contributed by atoms with Crippen molar-refractivity contribution < 1.29 is 62.4 Å². The average molecular weight is 677 g/mol. The number of anilines is 1. The van der Waals surface area contributed by atoms with Crippen molar-refractivity contribution in [1.82, 2.24) is 29.1 Å². The molecular weight excluding hydrogens is 651 g/mol. The van der Waals surface area contributed by atoms with Crippen LogP contribution in [0, 0.1) is 12.3 Å². The molecule has 3 aromatic heterocycles. The number of nitrogens with zero attached hydrogens (tertiary/aromatic N) is 5. The van der Waals surface area contributed by atoms with Gasteiger partial charge in [-0.2, -0.15) is 0 Å². The van der Waals surface area contributed by atoms with Crippen molar-refractivity contribution in [1.29, 1.82) is 0 Å². The van der Waals surface area contributed by atoms with Crippen molar-refractivity contribution in [2.45, 2.75) is 54.2 Å². The molecular formula is C23H26F2N7O13P. The molecule has 0 radical (unpaired) electrons. The lowest BCUT2D eigenvalue weighted by Gasteiger charge is -2.32. The Balaban J connectivity index is 1.51. The van der Waals surface area contributed by atoms with Crippen LogP contribution < -0.4 is 16.7 Å². The summed E-state index contributed by atoms with van der Waals surface area (Å²) in [4.78, 5) is 61.9. The van der Waals surface area contributed by atoms with E-state index in [9.17, 15) is 39.0 Å². The van der Waals surface area contributed by atoms with E-state index < -0.39 is 86.3 Å². The maximum Gasteiger partial charge on any atom is 0.469 e. The first-order valence-electron chi connectivity index (χ1n) is 12.9. The minimum atomic E-state index is -5.28. The smallest absolute Gasteiger partial charge is 0.393 e. The van der Waals surface area contributed by atoms with E-state index >= 15 is 4.39 Å². The molecule has 0 spiro atoms. The van der Waals surface area contributed by atoms with Gasteiger partial charge in [0.2, 0.25) is 0 Å². The molecule has 0 bridgehead atoms. The van der Waals surface area contributed by atoms with E-state index in [1.807, 2.05) is 10.9 Å². The third kappa shape index (κ3) is 5.30. The number of aliphatic hydroxyl groups is 4. The number of imidazole rings is 1. The van der Waals surface area contributed by atoms with Gasteiger partial charge in [0.05, 0.1) is 12.9 Å². The van der Waals surface area contributed by atoms with Gasteiger partial charge in [-0.05, 0) is 6.92 Å². The maximum absolute atomic E-state index is 15.9. The summed E-state index contributed by atoms with van der Waals surface area (Å²) < 4.78 is 57.6. The van der Waals surface area contributed by atoms with E-state index in [1.54, 1.807) is 0 Å². The monoisotopic (exact) mass is 677 g/mol. The van der Waals surface area contributed by atoms with Gasteiger partial charge in [0.1, 0.15) is 25.7 Å². The molecule has 2 fully saturated rings. The highest BCUT2D eigenvalue weighted by atomic mass is 31.2. The third-order valence-corrected chi connectivity index (χ3v) is 8.09. The van der Waals surface area contributed by atoms with Gasteiger partial charge < -0.3 is 39.7 Å². The predicted molar refractivity (Wildman–Crippen MR) is 143 cm³/mol. The maximum atomic E-state index is 15.9. The van der Waals surface area contributed by atoms with Crippen LogP contribution in [0.5, 0.6) is 0 Å². The second-order valence-electron chi connectivity index (χ2n) is 10.6. The van der Waals surface area contributed by atoms with E-state index in [0.29, 0.717) is 4.57 Å². The first-order valence-corrected chi connectivity index (χ1v) is 14.4. The van der Waals surface area contributed by atoms with Crippen molar-refractivity contribution in [3.8, 4) is 12.3 Å². The summed E-state index contributed by atoms with van der Waals surface area (Å²) in [6.07, 6.45) is 0.0358. The van der Waals surface area contributed by atoms with E-state index in [0.717, 1.165) is 36.4 Å². The second-order valence-corrected chi connectivity index (χ2v) is 11.8. The zero-order chi connectivity index (χ0) is 33.9. The predicted octanol–water partition coefficient (Wildman–Crippen LogP) is -2.90. The van der Waals surface area contributed by atoms with Gasteiger partial charge >= 0.3 is 13.5 Å². The lowest BCUT2D eigenvalue weighted by Crippen LogP contribution is -2.53. The molecule has 5 heterocycles. The first kappa shape index (κ1) is 33.6. The molecule has 0 saturated carbocycles. The van der Waals surface area contributed by atoms with Crippen LogP contribution in [0.1, 0.15) is 19.4 Å². The van der Waals surface area contributed by atoms with Crippen LogP contribution in [-0.4, -0.2) is 114 Å². The quantitative estimate of drug-likeness (QED) is 0.0606. The molecule has 8 N–H and O–H groups in total. The summed E-state index contributed by atoms with van der Waals surface area (Å²) in [5, 5.41) is 42.4. The molecule has 2 saturated heterocycles. The van der Waals surface area contributed by atoms with Crippen LogP contribution in [0.2, 0.25) is 0 Å². The number of phosphoric ester groups is 1. The number of hydrogen-bond donors (Lipinski definition) is 8. The fourth-order valence-electron chi connectivity index (χ4n) is 5.13. The number of aromatic amines is 1. The first-order chi connectivity index (χ1) is 21.5. The molecule has 3 aromatic rings. The number of H-pyrrole nitrogens is 1. The standard InChI is InChI=1S/C23H26F2N7O13P/c1-3-22(38)16(36)21(6-24,7-33)43-18(22)32-10-28-12-13(26-9-27-14(12)32)30-45-20(2)15(35)23(25,8-42-46(39,40)41)44-17(20)31-5-4-11(34)29-19(31)37/h1,4-5,9-10,15-18,33,35-36,38H,6-8H2,2H3,(H,26,27,30)(H,29,34,37)(H2,39,40,41). The Hall–Kier alpha value is -3.72. The Morgan fingerprint density at radius 1 is 1.20 bits per heavy atom. The van der Waals surface area contributed by atoms with E-state index in [-0.39, 0.29) is 17.0 Å². The second kappa shape index (κ2) is 11.5. The number of nitrogens with one attached hydrogen (secondary N) is 2. The average Bonchev–Trinajstić information content (AvgIpc) is 3.60. The lowest BCUT2D eigenvalue weighted by atomic mass is 9.87. The van der Waals surface area contributed by atoms with E-state index in [1.165, 1.54) is 0 Å². The zero-order valence-corrected chi connectivity index (χ0v) is 24.2. The third-order valence-electron chi connectivity index (χ3n) is 7.62. The Morgan fingerprint density at radius 2 is 1.91 bits per heavy atom. The fraction of sp³-hybridized carbons (Fsp3) is 0.522. The summed E-state index contributed by atoms with van der Waals surface area (Å²) in [6, 6.07) is 0.865. The van der Waals surface area contributed by atoms with Gasteiger partial charge in [0.15, 0.2) is 52.3 Å². The molecule has 0 aliphatic carbocycles. The molecule has 2 aliphatic heterocycles. The molecule has 0 aromatic carbocycles. The number of ether oxygens (including phenoxy) is 2. The molecule has 46 heavy (non-hydrogen) atoms. The Labute approximate surface area is 254 Å². The zero-order valence-electron chi connectivity index (χ0n) is 23.3. The lowest BCUT2D eigenvalue weighted by molar-refractivity contribution is -0.205. The van der Waals surface area contributed by atoms with Crippen molar-refractivity contribution in [3.63, 3.8) is 0 Å². The van der Waals surface area contributed by atoms with Crippen LogP contribution in [0.3, 0.4) is 0 Å². The Morgan fingerprint density at radius 3 is 2.52 bits per heavy atom. The molecule has 2 aliphatic rings. The largest absolute Gasteiger partial charge is 0.469 e. The van der Waals surface area contributed by atoms with Gasteiger partial charge in [-0.15, -0.1) is 6.42 Å². The molecule has 0 amide bonds. The summed E-state index contributed by atoms with van der Waals surface area (Å²) >= 11 is 0. The van der Waals surface area contributed by atoms with Crippen LogP contribution in [0.15, 0.2) is 34.5 Å². The number of fused-ring (bicyclic) bond motifs is 1. The fourth-order valence-corrected chi connectivity index (χ4v) is 5.47. The Bertz CT molecular complexity index is 1840. The van der Waals surface area contributed by atoms with Gasteiger partial charge in [-0.25, -0.2) is 38.6 Å². The summed E-state index contributed by atoms with van der Waals surface area (Å²) in [5.41, 5.74) is -7.27. The molecule has 8 atom stereocenters. The summed E-state index contributed by atoms with van der Waals surface area (Å²) in [6.45, 7) is -3.00. The van der Waals surface area contributed by atoms with E-state index in [2.05, 4.69) is 25.0 Å². The summed E-state index contributed by atoms with van der Waals surface area (Å²) in [5.74, 6) is -1.77. The van der Waals surface area contributed by atoms with Crippen molar-refractivity contribution in [3.05, 3.63) is 45.8 Å². The minimum absolute atomic E-state index is 0.170. The summed E-state index contributed by atoms with van der Waals surface area (Å²) in [7, 11) is -5.28. The topological polar surface area (TPSA) is 286 Å². The SMILES string of the molecule is C#CC1(O)C(n2cnc3c(NOC4(C)C(n5ccc(=O)[nH]c5=O)OC(F)(COP(=O)(O)O)C4O)ncnc32)OC(CO)(CF)C1O. The van der Waals surface area contributed by atoms with Gasteiger partial charge in [0.25, 0.3) is 11.4 Å². The molecule has 5 rings (SSSR count). The van der Waals surface area contributed by atoms with Crippen LogP contribution >= 0.6 is 7.82 Å². The molecule has 250 valence electrons. The van der Waals surface area contributed by atoms with Crippen LogP contribution in [0.25, 0.3) is 11.2 Å². The number of halogens is 2. The number of hydrogen-bond acceptors (Lipinski definition) is 15.